The minimum atomic E-state index is -0.325. The summed E-state index contributed by atoms with van der Waals surface area (Å²) in [5, 5.41) is 19.3. The molecule has 1 fully saturated rings. The molecule has 4 rings (SSSR count). The number of nitrogens with zero attached hydrogens (tertiary/aromatic N) is 6. The molecule has 0 spiro atoms. The zero-order chi connectivity index (χ0) is 17.2. The van der Waals surface area contributed by atoms with Gasteiger partial charge < -0.3 is 5.32 Å². The molecule has 1 N–H and O–H groups in total. The van der Waals surface area contributed by atoms with E-state index in [-0.39, 0.29) is 11.2 Å². The Morgan fingerprint density at radius 3 is 2.92 bits per heavy atom. The highest BCUT2D eigenvalue weighted by atomic mass is 32.2. The van der Waals surface area contributed by atoms with Gasteiger partial charge in [-0.2, -0.15) is 5.10 Å². The molecule has 1 aliphatic carbocycles. The molecule has 1 aliphatic rings. The summed E-state index contributed by atoms with van der Waals surface area (Å²) in [7, 11) is 0. The van der Waals surface area contributed by atoms with E-state index in [1.165, 1.54) is 11.8 Å². The number of anilines is 1. The Hall–Kier alpha value is -2.68. The van der Waals surface area contributed by atoms with Gasteiger partial charge in [0.25, 0.3) is 0 Å². The first-order chi connectivity index (χ1) is 12.2. The first-order valence-electron chi connectivity index (χ1n) is 8.07. The Labute approximate surface area is 148 Å². The second-order valence-electron chi connectivity index (χ2n) is 5.85. The molecule has 25 heavy (non-hydrogen) atoms. The second kappa shape index (κ2) is 6.67. The maximum Gasteiger partial charge on any atom is 0.237 e. The first-order valence-corrected chi connectivity index (χ1v) is 8.95. The van der Waals surface area contributed by atoms with E-state index in [9.17, 15) is 4.79 Å². The van der Waals surface area contributed by atoms with Gasteiger partial charge in [0, 0.05) is 12.4 Å². The van der Waals surface area contributed by atoms with E-state index < -0.39 is 0 Å². The predicted octanol–water partition coefficient (Wildman–Crippen LogP) is 2.31. The van der Waals surface area contributed by atoms with E-state index in [2.05, 4.69) is 25.9 Å². The molecule has 1 aromatic carbocycles. The normalized spacial score (nSPS) is 15.1. The van der Waals surface area contributed by atoms with Crippen molar-refractivity contribution in [3.8, 4) is 5.69 Å². The monoisotopic (exact) mass is 355 g/mol. The van der Waals surface area contributed by atoms with Crippen LogP contribution in [0.2, 0.25) is 0 Å². The van der Waals surface area contributed by atoms with Crippen molar-refractivity contribution in [2.45, 2.75) is 36.2 Å². The van der Waals surface area contributed by atoms with Gasteiger partial charge in [0.15, 0.2) is 0 Å². The molecule has 0 bridgehead atoms. The van der Waals surface area contributed by atoms with Crippen molar-refractivity contribution in [1.82, 2.24) is 30.0 Å². The molecule has 0 saturated heterocycles. The van der Waals surface area contributed by atoms with Crippen molar-refractivity contribution < 1.29 is 4.79 Å². The highest BCUT2D eigenvalue weighted by molar-refractivity contribution is 8.00. The fraction of sp³-hybridized carbons (Fsp3) is 0.312. The van der Waals surface area contributed by atoms with Gasteiger partial charge >= 0.3 is 0 Å². The largest absolute Gasteiger partial charge is 0.323 e. The van der Waals surface area contributed by atoms with Crippen molar-refractivity contribution in [1.29, 1.82) is 0 Å². The first kappa shape index (κ1) is 15.8. The van der Waals surface area contributed by atoms with E-state index in [1.807, 2.05) is 48.1 Å². The van der Waals surface area contributed by atoms with Crippen molar-refractivity contribution in [3.05, 3.63) is 42.7 Å². The van der Waals surface area contributed by atoms with E-state index >= 15 is 0 Å². The summed E-state index contributed by atoms with van der Waals surface area (Å²) in [4.78, 5) is 12.6. The maximum atomic E-state index is 12.6. The third-order valence-electron chi connectivity index (χ3n) is 3.92. The molecule has 1 unspecified atom stereocenters. The lowest BCUT2D eigenvalue weighted by Crippen LogP contribution is -2.23. The SMILES string of the molecule is CC(Sc1nnnn1C1CC1)C(=O)Nc1ccccc1-n1cccn1. The van der Waals surface area contributed by atoms with Crippen LogP contribution >= 0.6 is 11.8 Å². The summed E-state index contributed by atoms with van der Waals surface area (Å²) in [6, 6.07) is 9.79. The number of hydrogen-bond acceptors (Lipinski definition) is 6. The van der Waals surface area contributed by atoms with E-state index in [1.54, 1.807) is 10.9 Å². The van der Waals surface area contributed by atoms with Gasteiger partial charge in [-0.15, -0.1) is 5.10 Å². The van der Waals surface area contributed by atoms with Crippen LogP contribution in [0.4, 0.5) is 5.69 Å². The standard InChI is InChI=1S/C16H17N7OS/c1-11(25-16-19-20-21-23(16)12-7-8-12)15(24)18-13-5-2-3-6-14(13)22-10-4-9-17-22/h2-6,9-12H,7-8H2,1H3,(H,18,24). The molecule has 1 saturated carbocycles. The Bertz CT molecular complexity index is 872. The lowest BCUT2D eigenvalue weighted by molar-refractivity contribution is -0.115. The average molecular weight is 355 g/mol. The van der Waals surface area contributed by atoms with E-state index in [0.29, 0.717) is 16.9 Å². The molecule has 3 aromatic rings. The molecule has 9 heteroatoms. The van der Waals surface area contributed by atoms with Crippen LogP contribution in [0.5, 0.6) is 0 Å². The molecule has 8 nitrogen and oxygen atoms in total. The van der Waals surface area contributed by atoms with E-state index in [4.69, 9.17) is 0 Å². The Morgan fingerprint density at radius 2 is 2.16 bits per heavy atom. The summed E-state index contributed by atoms with van der Waals surface area (Å²) in [5.41, 5.74) is 1.53. The van der Waals surface area contributed by atoms with Crippen LogP contribution < -0.4 is 5.32 Å². The molecular weight excluding hydrogens is 338 g/mol. The zero-order valence-corrected chi connectivity index (χ0v) is 14.4. The number of nitrogens with one attached hydrogen (secondary N) is 1. The zero-order valence-electron chi connectivity index (χ0n) is 13.6. The summed E-state index contributed by atoms with van der Waals surface area (Å²) < 4.78 is 3.53. The summed E-state index contributed by atoms with van der Waals surface area (Å²) in [5.74, 6) is -0.102. The molecule has 1 atom stereocenters. The van der Waals surface area contributed by atoms with Gasteiger partial charge in [0.2, 0.25) is 11.1 Å². The number of carbonyl (C=O) groups is 1. The average Bonchev–Trinajstić information content (AvgIpc) is 3.12. The third kappa shape index (κ3) is 3.41. The van der Waals surface area contributed by atoms with Gasteiger partial charge in [-0.25, -0.2) is 9.36 Å². The van der Waals surface area contributed by atoms with Gasteiger partial charge in [-0.3, -0.25) is 4.79 Å². The number of rotatable bonds is 6. The molecule has 0 aliphatic heterocycles. The highest BCUT2D eigenvalue weighted by Crippen LogP contribution is 2.37. The van der Waals surface area contributed by atoms with Gasteiger partial charge in [0.1, 0.15) is 0 Å². The Balaban J connectivity index is 1.48. The molecule has 2 aromatic heterocycles. The van der Waals surface area contributed by atoms with Crippen molar-refractivity contribution in [2.24, 2.45) is 0 Å². The Morgan fingerprint density at radius 1 is 1.32 bits per heavy atom. The number of para-hydroxylation sites is 2. The minimum absolute atomic E-state index is 0.102. The van der Waals surface area contributed by atoms with Crippen LogP contribution in [0.25, 0.3) is 5.69 Å². The number of carbonyl (C=O) groups excluding carboxylic acids is 1. The van der Waals surface area contributed by atoms with Gasteiger partial charge in [-0.05, 0) is 48.4 Å². The van der Waals surface area contributed by atoms with Gasteiger partial charge in [-0.1, -0.05) is 23.9 Å². The quantitative estimate of drug-likeness (QED) is 0.683. The topological polar surface area (TPSA) is 90.5 Å². The van der Waals surface area contributed by atoms with E-state index in [0.717, 1.165) is 18.5 Å². The number of thioether (sulfide) groups is 1. The summed E-state index contributed by atoms with van der Waals surface area (Å²) in [6.45, 7) is 1.85. The number of hydrogen-bond donors (Lipinski definition) is 1. The van der Waals surface area contributed by atoms with Gasteiger partial charge in [0.05, 0.1) is 22.7 Å². The predicted molar refractivity (Wildman–Crippen MR) is 93.6 cm³/mol. The fourth-order valence-electron chi connectivity index (χ4n) is 2.45. The van der Waals surface area contributed by atoms with Crippen LogP contribution in [0, 0.1) is 0 Å². The van der Waals surface area contributed by atoms with Crippen LogP contribution in [-0.4, -0.2) is 41.1 Å². The molecule has 2 heterocycles. The lowest BCUT2D eigenvalue weighted by atomic mass is 10.2. The smallest absolute Gasteiger partial charge is 0.237 e. The number of benzene rings is 1. The number of aromatic nitrogens is 6. The van der Waals surface area contributed by atoms with Crippen LogP contribution in [-0.2, 0) is 4.79 Å². The molecular formula is C16H17N7OS. The summed E-state index contributed by atoms with van der Waals surface area (Å²) >= 11 is 1.37. The van der Waals surface area contributed by atoms with Crippen molar-refractivity contribution >= 4 is 23.4 Å². The third-order valence-corrected chi connectivity index (χ3v) is 4.97. The molecule has 128 valence electrons. The van der Waals surface area contributed by atoms with Crippen LogP contribution in [0.15, 0.2) is 47.9 Å². The highest BCUT2D eigenvalue weighted by Gasteiger charge is 2.29. The van der Waals surface area contributed by atoms with Crippen LogP contribution in [0.1, 0.15) is 25.8 Å². The summed E-state index contributed by atoms with van der Waals surface area (Å²) in [6.07, 6.45) is 5.73. The maximum absolute atomic E-state index is 12.6. The minimum Gasteiger partial charge on any atom is -0.323 e. The molecule has 0 radical (unpaired) electrons. The fourth-order valence-corrected chi connectivity index (χ4v) is 3.31. The van der Waals surface area contributed by atoms with Crippen LogP contribution in [0.3, 0.4) is 0 Å². The van der Waals surface area contributed by atoms with Crippen molar-refractivity contribution in [3.63, 3.8) is 0 Å². The van der Waals surface area contributed by atoms with Crippen molar-refractivity contribution in [2.75, 3.05) is 5.32 Å². The lowest BCUT2D eigenvalue weighted by Gasteiger charge is -2.14. The second-order valence-corrected chi connectivity index (χ2v) is 7.16. The number of amides is 1. The number of tetrazole rings is 1. The Kier molecular flexibility index (Phi) is 4.22. The molecule has 1 amide bonds.